The molecule has 2 aliphatic rings. The Labute approximate surface area is 88.3 Å². The zero-order valence-electron chi connectivity index (χ0n) is 9.71. The van der Waals surface area contributed by atoms with Crippen LogP contribution in [0.3, 0.4) is 0 Å². The Morgan fingerprint density at radius 1 is 0.643 bits per heavy atom. The molecule has 0 aliphatic carbocycles. The first-order valence-corrected chi connectivity index (χ1v) is 6.27. The molecule has 0 aromatic heterocycles. The molecule has 0 aromatic rings. The quantitative estimate of drug-likeness (QED) is 0.681. The summed E-state index contributed by atoms with van der Waals surface area (Å²) in [6.45, 7) is 10.2. The third-order valence-corrected chi connectivity index (χ3v) is 4.13. The molecule has 0 amide bonds. The van der Waals surface area contributed by atoms with Crippen LogP contribution in [-0.2, 0) is 0 Å². The van der Waals surface area contributed by atoms with Gasteiger partial charge in [0.2, 0.25) is 0 Å². The van der Waals surface area contributed by atoms with Gasteiger partial charge in [0, 0.05) is 12.1 Å². The van der Waals surface area contributed by atoms with Crippen molar-refractivity contribution in [3.63, 3.8) is 0 Å². The predicted octanol–water partition coefficient (Wildman–Crippen LogP) is 1.96. The maximum atomic E-state index is 2.67. The second kappa shape index (κ2) is 4.63. The molecule has 2 heteroatoms. The Bertz CT molecular complexity index is 149. The van der Waals surface area contributed by atoms with Crippen molar-refractivity contribution in [1.29, 1.82) is 0 Å². The molecule has 0 aromatic carbocycles. The van der Waals surface area contributed by atoms with E-state index in [-0.39, 0.29) is 0 Å². The van der Waals surface area contributed by atoms with Gasteiger partial charge in [-0.05, 0) is 65.7 Å². The van der Waals surface area contributed by atoms with Crippen molar-refractivity contribution in [2.75, 3.05) is 26.2 Å². The van der Waals surface area contributed by atoms with Gasteiger partial charge in [-0.25, -0.2) is 0 Å². The van der Waals surface area contributed by atoms with Crippen molar-refractivity contribution in [3.05, 3.63) is 0 Å². The molecule has 2 unspecified atom stereocenters. The molecule has 0 saturated carbocycles. The van der Waals surface area contributed by atoms with E-state index in [1.165, 1.54) is 51.9 Å². The van der Waals surface area contributed by atoms with Crippen molar-refractivity contribution in [3.8, 4) is 0 Å². The minimum atomic E-state index is 0.760. The highest BCUT2D eigenvalue weighted by Crippen LogP contribution is 2.20. The third-order valence-electron chi connectivity index (χ3n) is 4.13. The van der Waals surface area contributed by atoms with Crippen LogP contribution in [0, 0.1) is 0 Å². The number of hydrogen-bond acceptors (Lipinski definition) is 2. The van der Waals surface area contributed by atoms with E-state index in [1.54, 1.807) is 0 Å². The lowest BCUT2D eigenvalue weighted by Gasteiger charge is -2.35. The summed E-state index contributed by atoms with van der Waals surface area (Å²) < 4.78 is 0. The van der Waals surface area contributed by atoms with Gasteiger partial charge in [0.15, 0.2) is 0 Å². The lowest BCUT2D eigenvalue weighted by Crippen LogP contribution is -2.46. The van der Waals surface area contributed by atoms with E-state index in [4.69, 9.17) is 0 Å². The Balaban J connectivity index is 1.85. The molecule has 0 spiro atoms. The molecule has 2 fully saturated rings. The van der Waals surface area contributed by atoms with Crippen molar-refractivity contribution in [2.24, 2.45) is 0 Å². The molecule has 2 rings (SSSR count). The van der Waals surface area contributed by atoms with E-state index < -0.39 is 0 Å². The van der Waals surface area contributed by atoms with Crippen LogP contribution < -0.4 is 0 Å². The Kier molecular flexibility index (Phi) is 3.45. The van der Waals surface area contributed by atoms with Crippen LogP contribution >= 0.6 is 0 Å². The first kappa shape index (κ1) is 10.4. The molecule has 0 bridgehead atoms. The van der Waals surface area contributed by atoms with Crippen molar-refractivity contribution in [1.82, 2.24) is 9.80 Å². The van der Waals surface area contributed by atoms with Crippen LogP contribution in [0.5, 0.6) is 0 Å². The normalized spacial score (nSPS) is 29.6. The monoisotopic (exact) mass is 196 g/mol. The lowest BCUT2D eigenvalue weighted by molar-refractivity contribution is 0.132. The predicted molar refractivity (Wildman–Crippen MR) is 60.5 cm³/mol. The van der Waals surface area contributed by atoms with Gasteiger partial charge in [0.25, 0.3) is 0 Å². The minimum Gasteiger partial charge on any atom is -0.299 e. The molecular formula is C12H24N2. The van der Waals surface area contributed by atoms with Gasteiger partial charge in [0.1, 0.15) is 0 Å². The van der Waals surface area contributed by atoms with Gasteiger partial charge in [-0.1, -0.05) is 0 Å². The second-order valence-electron chi connectivity index (χ2n) is 4.97. The van der Waals surface area contributed by atoms with Crippen LogP contribution in [0.25, 0.3) is 0 Å². The standard InChI is InChI=1S/C12H24N2/c1-11(13-7-3-4-8-13)12(2)14-9-5-6-10-14/h11-12H,3-10H2,1-2H3. The molecule has 2 aliphatic heterocycles. The minimum absolute atomic E-state index is 0.760. The summed E-state index contributed by atoms with van der Waals surface area (Å²) in [5.41, 5.74) is 0. The van der Waals surface area contributed by atoms with Gasteiger partial charge in [-0.2, -0.15) is 0 Å². The fourth-order valence-corrected chi connectivity index (χ4v) is 2.91. The summed E-state index contributed by atoms with van der Waals surface area (Å²) >= 11 is 0. The van der Waals surface area contributed by atoms with Gasteiger partial charge in [-0.3, -0.25) is 9.80 Å². The SMILES string of the molecule is CC(C(C)N1CCCC1)N1CCCC1. The van der Waals surface area contributed by atoms with Gasteiger partial charge in [0.05, 0.1) is 0 Å². The van der Waals surface area contributed by atoms with E-state index in [1.807, 2.05) is 0 Å². The van der Waals surface area contributed by atoms with Gasteiger partial charge < -0.3 is 0 Å². The summed E-state index contributed by atoms with van der Waals surface area (Å²) in [5, 5.41) is 0. The average Bonchev–Trinajstić information content (AvgIpc) is 2.87. The van der Waals surface area contributed by atoms with E-state index >= 15 is 0 Å². The smallest absolute Gasteiger partial charge is 0.0220 e. The number of nitrogens with zero attached hydrogens (tertiary/aromatic N) is 2. The van der Waals surface area contributed by atoms with Crippen LogP contribution in [0.1, 0.15) is 39.5 Å². The Hall–Kier alpha value is -0.0800. The zero-order valence-corrected chi connectivity index (χ0v) is 9.71. The highest BCUT2D eigenvalue weighted by Gasteiger charge is 2.27. The van der Waals surface area contributed by atoms with Crippen LogP contribution in [0.15, 0.2) is 0 Å². The molecule has 0 radical (unpaired) electrons. The summed E-state index contributed by atoms with van der Waals surface area (Å²) in [5.74, 6) is 0. The van der Waals surface area contributed by atoms with E-state index in [9.17, 15) is 0 Å². The maximum Gasteiger partial charge on any atom is 0.0220 e. The molecular weight excluding hydrogens is 172 g/mol. The van der Waals surface area contributed by atoms with E-state index in [0.717, 1.165) is 12.1 Å². The van der Waals surface area contributed by atoms with Crippen molar-refractivity contribution >= 4 is 0 Å². The maximum absolute atomic E-state index is 2.67. The average molecular weight is 196 g/mol. The van der Waals surface area contributed by atoms with Crippen LogP contribution in [0.4, 0.5) is 0 Å². The lowest BCUT2D eigenvalue weighted by atomic mass is 10.1. The summed E-state index contributed by atoms with van der Waals surface area (Å²) in [7, 11) is 0. The number of hydrogen-bond donors (Lipinski definition) is 0. The fraction of sp³-hybridized carbons (Fsp3) is 1.00. The summed E-state index contributed by atoms with van der Waals surface area (Å²) in [6, 6.07) is 1.52. The summed E-state index contributed by atoms with van der Waals surface area (Å²) in [4.78, 5) is 5.34. The molecule has 14 heavy (non-hydrogen) atoms. The zero-order chi connectivity index (χ0) is 9.97. The molecule has 2 saturated heterocycles. The van der Waals surface area contributed by atoms with Crippen LogP contribution in [-0.4, -0.2) is 48.1 Å². The largest absolute Gasteiger partial charge is 0.299 e. The molecule has 0 N–H and O–H groups in total. The molecule has 2 heterocycles. The van der Waals surface area contributed by atoms with Gasteiger partial charge >= 0.3 is 0 Å². The van der Waals surface area contributed by atoms with Crippen molar-refractivity contribution < 1.29 is 0 Å². The number of rotatable bonds is 3. The Morgan fingerprint density at radius 3 is 1.21 bits per heavy atom. The highest BCUT2D eigenvalue weighted by molar-refractivity contribution is 4.84. The fourth-order valence-electron chi connectivity index (χ4n) is 2.91. The summed E-state index contributed by atoms with van der Waals surface area (Å²) in [6.07, 6.45) is 5.66. The molecule has 2 nitrogen and oxygen atoms in total. The van der Waals surface area contributed by atoms with Crippen LogP contribution in [0.2, 0.25) is 0 Å². The highest BCUT2D eigenvalue weighted by atomic mass is 15.3. The topological polar surface area (TPSA) is 6.48 Å². The van der Waals surface area contributed by atoms with Crippen molar-refractivity contribution in [2.45, 2.75) is 51.6 Å². The first-order chi connectivity index (χ1) is 6.79. The molecule has 82 valence electrons. The second-order valence-corrected chi connectivity index (χ2v) is 4.97. The third kappa shape index (κ3) is 2.12. The Morgan fingerprint density at radius 2 is 0.929 bits per heavy atom. The van der Waals surface area contributed by atoms with E-state index in [2.05, 4.69) is 23.6 Å². The van der Waals surface area contributed by atoms with E-state index in [0.29, 0.717) is 0 Å². The number of likely N-dealkylation sites (tertiary alicyclic amines) is 2. The first-order valence-electron chi connectivity index (χ1n) is 6.27. The van der Waals surface area contributed by atoms with Gasteiger partial charge in [-0.15, -0.1) is 0 Å². The molecule has 2 atom stereocenters.